The highest BCUT2D eigenvalue weighted by molar-refractivity contribution is 14.1. The fourth-order valence-electron chi connectivity index (χ4n) is 4.05. The molecule has 0 aromatic heterocycles. The number of β-lactam (4-membered cyclic amide) rings is 1. The molecule has 8 heteroatoms. The molecule has 3 aliphatic rings. The molecule has 5 nitrogen and oxygen atoms in total. The largest absolute Gasteiger partial charge is 0.454 e. The van der Waals surface area contributed by atoms with E-state index in [1.807, 2.05) is 34.9 Å². The van der Waals surface area contributed by atoms with Gasteiger partial charge in [0.25, 0.3) is 0 Å². The van der Waals surface area contributed by atoms with E-state index >= 15 is 0 Å². The summed E-state index contributed by atoms with van der Waals surface area (Å²) in [6.07, 6.45) is 9.11. The van der Waals surface area contributed by atoms with E-state index in [0.29, 0.717) is 23.3 Å². The van der Waals surface area contributed by atoms with Gasteiger partial charge in [0.1, 0.15) is 0 Å². The number of fused-ring (bicyclic) bond motifs is 2. The molecule has 0 radical (unpaired) electrons. The van der Waals surface area contributed by atoms with Gasteiger partial charge in [-0.1, -0.05) is 74.6 Å². The highest BCUT2D eigenvalue weighted by Crippen LogP contribution is 2.40. The average Bonchev–Trinajstić information content (AvgIpc) is 3.39. The number of carbonyl (C=O) groups is 1. The Hall–Kier alpha value is -0.480. The molecule has 0 saturated carbocycles. The predicted molar refractivity (Wildman–Crippen MR) is 143 cm³/mol. The number of halogens is 1. The fourth-order valence-corrected chi connectivity index (χ4v) is 7.58. The molecular formula is C24H36INO4S2. The lowest BCUT2D eigenvalue weighted by atomic mass is 10.1. The monoisotopic (exact) mass is 593 g/mol. The summed E-state index contributed by atoms with van der Waals surface area (Å²) in [6, 6.07) is 6.01. The van der Waals surface area contributed by atoms with E-state index in [0.717, 1.165) is 43.1 Å². The van der Waals surface area contributed by atoms with E-state index in [4.69, 9.17) is 9.47 Å². The third kappa shape index (κ3) is 7.52. The number of rotatable bonds is 11. The number of hydrogen-bond donors (Lipinski definition) is 0. The Balaban J connectivity index is 0.000000238. The zero-order valence-corrected chi connectivity index (χ0v) is 23.0. The first-order chi connectivity index (χ1) is 15.5. The van der Waals surface area contributed by atoms with Crippen LogP contribution in [0, 0.1) is 0 Å². The van der Waals surface area contributed by atoms with Crippen LogP contribution in [0.15, 0.2) is 18.2 Å². The molecule has 0 spiro atoms. The topological polar surface area (TPSA) is 55.8 Å². The quantitative estimate of drug-likeness (QED) is 0.146. The van der Waals surface area contributed by atoms with Crippen LogP contribution in [0.5, 0.6) is 11.5 Å². The molecule has 3 aliphatic heterocycles. The number of carbonyl (C=O) groups excluding carboxylic acids is 1. The number of benzene rings is 1. The summed E-state index contributed by atoms with van der Waals surface area (Å²) in [4.78, 5) is 12.9. The minimum atomic E-state index is -0.743. The van der Waals surface area contributed by atoms with Gasteiger partial charge in [-0.25, -0.2) is 0 Å². The molecule has 2 fully saturated rings. The van der Waals surface area contributed by atoms with Gasteiger partial charge in [-0.2, -0.15) is 0 Å². The second-order valence-electron chi connectivity index (χ2n) is 8.67. The lowest BCUT2D eigenvalue weighted by Crippen LogP contribution is -2.47. The van der Waals surface area contributed by atoms with Gasteiger partial charge in [-0.15, -0.1) is 11.8 Å². The van der Waals surface area contributed by atoms with Gasteiger partial charge >= 0.3 is 0 Å². The molecule has 1 aromatic carbocycles. The Kier molecular flexibility index (Phi) is 11.0. The number of alkyl halides is 1. The molecule has 2 saturated heterocycles. The first-order valence-electron chi connectivity index (χ1n) is 11.8. The third-order valence-electron chi connectivity index (χ3n) is 6.05. The maximum absolute atomic E-state index is 12.3. The molecule has 180 valence electrons. The predicted octanol–water partition coefficient (Wildman–Crippen LogP) is 5.55. The van der Waals surface area contributed by atoms with Crippen LogP contribution in [-0.4, -0.2) is 54.4 Å². The van der Waals surface area contributed by atoms with Crippen LogP contribution in [0.4, 0.5) is 0 Å². The van der Waals surface area contributed by atoms with Gasteiger partial charge in [0, 0.05) is 38.0 Å². The molecule has 0 N–H and O–H groups in total. The van der Waals surface area contributed by atoms with Crippen molar-refractivity contribution in [3.05, 3.63) is 23.8 Å². The second-order valence-corrected chi connectivity index (χ2v) is 13.0. The molecule has 4 rings (SSSR count). The molecule has 4 atom stereocenters. The zero-order chi connectivity index (χ0) is 22.9. The van der Waals surface area contributed by atoms with E-state index in [9.17, 15) is 9.00 Å². The van der Waals surface area contributed by atoms with Crippen molar-refractivity contribution >= 4 is 51.1 Å². The normalized spacial score (nSPS) is 22.6. The van der Waals surface area contributed by atoms with Crippen molar-refractivity contribution in [2.24, 2.45) is 0 Å². The number of unbranched alkanes of at least 4 members (excludes halogenated alkanes) is 5. The minimum absolute atomic E-state index is 0.191. The van der Waals surface area contributed by atoms with E-state index < -0.39 is 10.8 Å². The van der Waals surface area contributed by atoms with E-state index in [-0.39, 0.29) is 5.25 Å². The summed E-state index contributed by atoms with van der Waals surface area (Å²) >= 11 is 4.35. The highest BCUT2D eigenvalue weighted by atomic mass is 127. The van der Waals surface area contributed by atoms with E-state index in [1.54, 1.807) is 0 Å². The number of amides is 1. The first-order valence-corrected chi connectivity index (χ1v) is 15.6. The molecule has 0 aliphatic carbocycles. The summed E-state index contributed by atoms with van der Waals surface area (Å²) in [5.74, 6) is 2.80. The first kappa shape index (κ1) is 26.1. The van der Waals surface area contributed by atoms with Crippen LogP contribution in [-0.2, 0) is 22.0 Å². The summed E-state index contributed by atoms with van der Waals surface area (Å²) in [5, 5.41) is 1.44. The third-order valence-corrected chi connectivity index (χ3v) is 10.9. The van der Waals surface area contributed by atoms with Gasteiger partial charge in [-0.3, -0.25) is 9.00 Å². The number of ether oxygens (including phenoxy) is 2. The van der Waals surface area contributed by atoms with Crippen molar-refractivity contribution in [2.75, 3.05) is 23.5 Å². The molecule has 32 heavy (non-hydrogen) atoms. The van der Waals surface area contributed by atoms with E-state index in [1.165, 1.54) is 42.1 Å². The fraction of sp³-hybridized carbons (Fsp3) is 0.708. The Morgan fingerprint density at radius 2 is 1.94 bits per heavy atom. The SMILES string of the molecule is CCCCCCCCS(=O)C(C)Cc1ccc2c(c1)OCO2.O=C1C[C@H]2SC(CI)CN12. The lowest BCUT2D eigenvalue weighted by Gasteiger charge is -2.32. The van der Waals surface area contributed by atoms with Crippen molar-refractivity contribution in [1.82, 2.24) is 4.90 Å². The van der Waals surface area contributed by atoms with Crippen LogP contribution in [0.3, 0.4) is 0 Å². The molecule has 1 aromatic rings. The molecule has 3 unspecified atom stereocenters. The Bertz CT molecular complexity index is 778. The number of nitrogens with zero attached hydrogens (tertiary/aromatic N) is 1. The number of thioether (sulfide) groups is 1. The molecule has 1 amide bonds. The van der Waals surface area contributed by atoms with Crippen LogP contribution in [0.2, 0.25) is 0 Å². The summed E-state index contributed by atoms with van der Waals surface area (Å²) in [6.45, 7) is 5.61. The van der Waals surface area contributed by atoms with Crippen molar-refractivity contribution in [2.45, 2.75) is 81.1 Å². The smallest absolute Gasteiger partial charge is 0.231 e. The second kappa shape index (κ2) is 13.4. The minimum Gasteiger partial charge on any atom is -0.454 e. The maximum Gasteiger partial charge on any atom is 0.231 e. The van der Waals surface area contributed by atoms with E-state index in [2.05, 4.69) is 36.4 Å². The van der Waals surface area contributed by atoms with Gasteiger partial charge in [-0.05, 0) is 30.5 Å². The summed E-state index contributed by atoms with van der Waals surface area (Å²) in [5.41, 5.74) is 1.17. The Morgan fingerprint density at radius 3 is 2.66 bits per heavy atom. The zero-order valence-electron chi connectivity index (χ0n) is 19.2. The molecule has 3 heterocycles. The maximum atomic E-state index is 12.3. The van der Waals surface area contributed by atoms with Gasteiger partial charge in [0.2, 0.25) is 12.7 Å². The molecular weight excluding hydrogens is 557 g/mol. The van der Waals surface area contributed by atoms with Crippen LogP contribution < -0.4 is 9.47 Å². The van der Waals surface area contributed by atoms with Crippen molar-refractivity contribution in [3.8, 4) is 11.5 Å². The lowest BCUT2D eigenvalue weighted by molar-refractivity contribution is -0.140. The van der Waals surface area contributed by atoms with Crippen molar-refractivity contribution in [1.29, 1.82) is 0 Å². The Morgan fingerprint density at radius 1 is 1.19 bits per heavy atom. The van der Waals surface area contributed by atoms with Crippen LogP contribution in [0.25, 0.3) is 0 Å². The van der Waals surface area contributed by atoms with Crippen LogP contribution >= 0.6 is 34.4 Å². The summed E-state index contributed by atoms with van der Waals surface area (Å²) in [7, 11) is -0.743. The standard InChI is InChI=1S/C18H28O3S.C6H8INOS/c1-3-4-5-6-7-8-11-22(19)15(2)12-16-9-10-17-18(13-16)21-14-20-17;7-2-4-3-8-5(9)1-6(8)10-4/h9-10,13,15H,3-8,11-12,14H2,1-2H3;4,6H,1-3H2/t;4?,6-/m.1/s1. The summed E-state index contributed by atoms with van der Waals surface area (Å²) < 4.78 is 24.2. The van der Waals surface area contributed by atoms with Crippen molar-refractivity contribution < 1.29 is 18.5 Å². The molecule has 0 bridgehead atoms. The van der Waals surface area contributed by atoms with Crippen molar-refractivity contribution in [3.63, 3.8) is 0 Å². The highest BCUT2D eigenvalue weighted by Gasteiger charge is 2.44. The number of hydrogen-bond acceptors (Lipinski definition) is 5. The average molecular weight is 594 g/mol. The van der Waals surface area contributed by atoms with Gasteiger partial charge in [0.15, 0.2) is 11.5 Å². The van der Waals surface area contributed by atoms with Gasteiger partial charge in [0.05, 0.1) is 11.8 Å². The Labute approximate surface area is 213 Å². The van der Waals surface area contributed by atoms with Crippen LogP contribution in [0.1, 0.15) is 64.4 Å². The van der Waals surface area contributed by atoms with Gasteiger partial charge < -0.3 is 14.4 Å².